The summed E-state index contributed by atoms with van der Waals surface area (Å²) >= 11 is 0. The first-order valence-electron chi connectivity index (χ1n) is 9.94. The van der Waals surface area contributed by atoms with Gasteiger partial charge in [0.25, 0.3) is 10.0 Å². The normalized spacial score (nSPS) is 18.8. The van der Waals surface area contributed by atoms with Crippen LogP contribution < -0.4 is 4.74 Å². The molecule has 1 aliphatic heterocycles. The molecule has 1 atom stereocenters. The molecule has 2 aromatic carbocycles. The number of likely N-dealkylation sites (N-methyl/N-ethyl adjacent to an activating group) is 1. The van der Waals surface area contributed by atoms with Crippen LogP contribution in [0.4, 0.5) is 0 Å². The number of hydrogen-bond donors (Lipinski definition) is 1. The first kappa shape index (κ1) is 18.7. The molecule has 2 heterocycles. The van der Waals surface area contributed by atoms with Gasteiger partial charge in [-0.3, -0.25) is 4.90 Å². The van der Waals surface area contributed by atoms with Gasteiger partial charge in [0.15, 0.2) is 0 Å². The summed E-state index contributed by atoms with van der Waals surface area (Å²) in [5, 5.41) is 11.8. The number of nitrogens with zero attached hydrogens (tertiary/aromatic N) is 2. The van der Waals surface area contributed by atoms with E-state index in [9.17, 15) is 13.5 Å². The van der Waals surface area contributed by atoms with E-state index in [1.54, 1.807) is 36.4 Å². The zero-order valence-corrected chi connectivity index (χ0v) is 17.1. The molecular weight excluding hydrogens is 388 g/mol. The Morgan fingerprint density at radius 1 is 1.14 bits per heavy atom. The molecule has 0 spiro atoms. The van der Waals surface area contributed by atoms with Crippen molar-refractivity contribution in [2.45, 2.75) is 30.4 Å². The number of benzene rings is 2. The van der Waals surface area contributed by atoms with Gasteiger partial charge in [0.1, 0.15) is 12.4 Å². The zero-order valence-electron chi connectivity index (χ0n) is 16.3. The molecule has 1 aromatic heterocycles. The van der Waals surface area contributed by atoms with Crippen molar-refractivity contribution in [1.29, 1.82) is 0 Å². The lowest BCUT2D eigenvalue weighted by molar-refractivity contribution is 0.148. The molecule has 1 saturated carbocycles. The van der Waals surface area contributed by atoms with Crippen molar-refractivity contribution in [3.05, 3.63) is 59.8 Å². The molecule has 3 aromatic rings. The van der Waals surface area contributed by atoms with E-state index < -0.39 is 16.1 Å². The highest BCUT2D eigenvalue weighted by Gasteiger charge is 2.36. The van der Waals surface area contributed by atoms with Crippen molar-refractivity contribution in [2.75, 3.05) is 20.2 Å². The summed E-state index contributed by atoms with van der Waals surface area (Å²) < 4.78 is 34.4. The van der Waals surface area contributed by atoms with Crippen molar-refractivity contribution in [1.82, 2.24) is 8.87 Å². The van der Waals surface area contributed by atoms with Gasteiger partial charge in [-0.25, -0.2) is 12.4 Å². The first-order valence-corrected chi connectivity index (χ1v) is 11.4. The molecule has 152 valence electrons. The molecular formula is C22H24N2O4S. The van der Waals surface area contributed by atoms with Gasteiger partial charge < -0.3 is 9.84 Å². The summed E-state index contributed by atoms with van der Waals surface area (Å²) in [4.78, 5) is 2.37. The molecule has 29 heavy (non-hydrogen) atoms. The standard InChI is InChI=1S/C22H24N2O4S/c1-23-11-12-28-21-10-9-19-17(18(21)14-23)13-20(22(25)15-7-8-15)24(19)29(26,27)16-5-3-2-4-6-16/h2-6,9-10,13,15,22,25H,7-8,11-12,14H2,1H3. The largest absolute Gasteiger partial charge is 0.492 e. The van der Waals surface area contributed by atoms with Gasteiger partial charge >= 0.3 is 0 Å². The maximum atomic E-state index is 13.6. The molecule has 2 aliphatic rings. The minimum absolute atomic E-state index is 0.113. The van der Waals surface area contributed by atoms with Crippen molar-refractivity contribution < 1.29 is 18.3 Å². The van der Waals surface area contributed by atoms with E-state index in [4.69, 9.17) is 4.74 Å². The second-order valence-electron chi connectivity index (χ2n) is 8.00. The minimum Gasteiger partial charge on any atom is -0.492 e. The number of aliphatic hydroxyl groups is 1. The third-order valence-electron chi connectivity index (χ3n) is 5.85. The molecule has 0 radical (unpaired) electrons. The predicted molar refractivity (Wildman–Crippen MR) is 110 cm³/mol. The van der Waals surface area contributed by atoms with Crippen LogP contribution in [0.15, 0.2) is 53.4 Å². The highest BCUT2D eigenvalue weighted by atomic mass is 32.2. The number of rotatable bonds is 4. The summed E-state index contributed by atoms with van der Waals surface area (Å²) in [6.07, 6.45) is 1.02. The topological polar surface area (TPSA) is 71.8 Å². The summed E-state index contributed by atoms with van der Waals surface area (Å²) in [5.74, 6) is 0.894. The van der Waals surface area contributed by atoms with Gasteiger partial charge in [-0.15, -0.1) is 0 Å². The van der Waals surface area contributed by atoms with Gasteiger partial charge in [-0.2, -0.15) is 0 Å². The molecule has 5 rings (SSSR count). The molecule has 0 bridgehead atoms. The Labute approximate surface area is 170 Å². The van der Waals surface area contributed by atoms with Gasteiger partial charge in [0.05, 0.1) is 22.2 Å². The maximum Gasteiger partial charge on any atom is 0.268 e. The van der Waals surface area contributed by atoms with Crippen LogP contribution in [0.3, 0.4) is 0 Å². The molecule has 6 nitrogen and oxygen atoms in total. The highest BCUT2D eigenvalue weighted by molar-refractivity contribution is 7.90. The van der Waals surface area contributed by atoms with Gasteiger partial charge in [-0.1, -0.05) is 18.2 Å². The van der Waals surface area contributed by atoms with Crippen LogP contribution in [0.2, 0.25) is 0 Å². The summed E-state index contributed by atoms with van der Waals surface area (Å²) in [5.41, 5.74) is 1.99. The Balaban J connectivity index is 1.79. The van der Waals surface area contributed by atoms with E-state index in [1.807, 2.05) is 19.2 Å². The maximum absolute atomic E-state index is 13.6. The van der Waals surface area contributed by atoms with Crippen LogP contribution >= 0.6 is 0 Å². The fraction of sp³-hybridized carbons (Fsp3) is 0.364. The fourth-order valence-electron chi connectivity index (χ4n) is 4.10. The smallest absolute Gasteiger partial charge is 0.268 e. The number of hydrogen-bond acceptors (Lipinski definition) is 5. The minimum atomic E-state index is -3.85. The Kier molecular flexibility index (Phi) is 4.42. The van der Waals surface area contributed by atoms with Gasteiger partial charge in [0.2, 0.25) is 0 Å². The zero-order chi connectivity index (χ0) is 20.2. The third-order valence-corrected chi connectivity index (χ3v) is 7.60. The lowest BCUT2D eigenvalue weighted by Crippen LogP contribution is -2.20. The SMILES string of the molecule is CN1CCOc2ccc3c(cc(C(O)C4CC4)n3S(=O)(=O)c3ccccc3)c2C1. The molecule has 1 unspecified atom stereocenters. The monoisotopic (exact) mass is 412 g/mol. The van der Waals surface area contributed by atoms with Crippen LogP contribution in [0.5, 0.6) is 5.75 Å². The Morgan fingerprint density at radius 2 is 1.90 bits per heavy atom. The molecule has 0 saturated heterocycles. The van der Waals surface area contributed by atoms with E-state index in [0.29, 0.717) is 24.4 Å². The fourth-order valence-corrected chi connectivity index (χ4v) is 5.67. The summed E-state index contributed by atoms with van der Waals surface area (Å²) in [6.45, 7) is 2.06. The highest BCUT2D eigenvalue weighted by Crippen LogP contribution is 2.44. The predicted octanol–water partition coefficient (Wildman–Crippen LogP) is 3.15. The molecule has 1 aliphatic carbocycles. The summed E-state index contributed by atoms with van der Waals surface area (Å²) in [7, 11) is -1.83. The quantitative estimate of drug-likeness (QED) is 0.713. The average Bonchev–Trinajstić information content (AvgIpc) is 3.51. The number of fused-ring (bicyclic) bond motifs is 3. The van der Waals surface area contributed by atoms with Crippen LogP contribution in [0.1, 0.15) is 30.2 Å². The molecule has 1 N–H and O–H groups in total. The Morgan fingerprint density at radius 3 is 2.62 bits per heavy atom. The number of aliphatic hydroxyl groups excluding tert-OH is 1. The molecule has 1 fully saturated rings. The van der Waals surface area contributed by atoms with E-state index in [2.05, 4.69) is 4.90 Å². The van der Waals surface area contributed by atoms with E-state index in [1.165, 1.54) is 3.97 Å². The van der Waals surface area contributed by atoms with Crippen molar-refractivity contribution in [3.8, 4) is 5.75 Å². The third kappa shape index (κ3) is 3.13. The average molecular weight is 413 g/mol. The van der Waals surface area contributed by atoms with Crippen LogP contribution in [0, 0.1) is 5.92 Å². The summed E-state index contributed by atoms with van der Waals surface area (Å²) in [6, 6.07) is 13.9. The van der Waals surface area contributed by atoms with E-state index >= 15 is 0 Å². The van der Waals surface area contributed by atoms with Gasteiger partial charge in [0, 0.05) is 24.0 Å². The lowest BCUT2D eigenvalue weighted by atomic mass is 10.1. The Hall–Kier alpha value is -2.35. The van der Waals surface area contributed by atoms with Crippen molar-refractivity contribution in [3.63, 3.8) is 0 Å². The van der Waals surface area contributed by atoms with Crippen LogP contribution in [-0.4, -0.2) is 42.6 Å². The van der Waals surface area contributed by atoms with E-state index in [0.717, 1.165) is 36.1 Å². The number of ether oxygens (including phenoxy) is 1. The van der Waals surface area contributed by atoms with E-state index in [-0.39, 0.29) is 10.8 Å². The van der Waals surface area contributed by atoms with Crippen LogP contribution in [0.25, 0.3) is 10.9 Å². The first-order chi connectivity index (χ1) is 14.0. The second kappa shape index (κ2) is 6.86. The Bertz CT molecular complexity index is 1170. The van der Waals surface area contributed by atoms with Crippen LogP contribution in [-0.2, 0) is 16.6 Å². The molecule has 0 amide bonds. The second-order valence-corrected chi connectivity index (χ2v) is 9.78. The lowest BCUT2D eigenvalue weighted by Gasteiger charge is -2.16. The van der Waals surface area contributed by atoms with Crippen molar-refractivity contribution in [2.24, 2.45) is 5.92 Å². The van der Waals surface area contributed by atoms with Crippen molar-refractivity contribution >= 4 is 20.9 Å². The van der Waals surface area contributed by atoms with Gasteiger partial charge in [-0.05, 0) is 56.1 Å². The number of aromatic nitrogens is 1. The molecule has 7 heteroatoms.